The summed E-state index contributed by atoms with van der Waals surface area (Å²) in [5.74, 6) is -0.441. The molecule has 0 spiro atoms. The quantitative estimate of drug-likeness (QED) is 0.724. The van der Waals surface area contributed by atoms with E-state index in [-0.39, 0.29) is 6.54 Å². The molecule has 0 unspecified atom stereocenters. The summed E-state index contributed by atoms with van der Waals surface area (Å²) in [5, 5.41) is 22.3. The van der Waals surface area contributed by atoms with E-state index in [0.717, 1.165) is 15.6 Å². The Morgan fingerprint density at radius 1 is 1.18 bits per heavy atom. The minimum atomic E-state index is -1.13. The monoisotopic (exact) mass is 383 g/mol. The van der Waals surface area contributed by atoms with E-state index in [4.69, 9.17) is 16.7 Å². The van der Waals surface area contributed by atoms with Crippen molar-refractivity contribution in [3.05, 3.63) is 69.2 Å². The van der Waals surface area contributed by atoms with Crippen LogP contribution in [-0.2, 0) is 0 Å². The third-order valence-electron chi connectivity index (χ3n) is 3.37. The van der Waals surface area contributed by atoms with Crippen molar-refractivity contribution in [1.29, 1.82) is 0 Å². The van der Waals surface area contributed by atoms with Crippen LogP contribution in [0, 0.1) is 0 Å². The van der Waals surface area contributed by atoms with Gasteiger partial charge < -0.3 is 15.5 Å². The van der Waals surface area contributed by atoms with Crippen molar-refractivity contribution in [1.82, 2.24) is 5.32 Å². The van der Waals surface area contributed by atoms with E-state index in [2.05, 4.69) is 21.2 Å². The molecule has 116 valence electrons. The standard InChI is InChI=1S/C16H15BrClNO3/c17-13-7-6-11(8-14(13)18)12(9-19-16(21)22)15(20)10-4-2-1-3-5-10/h1-8,12,15,19-20H,9H2,(H,21,22)/t12-,15+/m1/s1. The predicted octanol–water partition coefficient (Wildman–Crippen LogP) is 4.19. The molecule has 0 bridgehead atoms. The smallest absolute Gasteiger partial charge is 0.404 e. The molecule has 2 aromatic rings. The molecular formula is C16H15BrClNO3. The molecule has 0 aliphatic rings. The van der Waals surface area contributed by atoms with E-state index < -0.39 is 18.1 Å². The number of aliphatic hydroxyl groups is 1. The second-order valence-corrected chi connectivity index (χ2v) is 6.08. The van der Waals surface area contributed by atoms with E-state index in [1.807, 2.05) is 24.3 Å². The molecular weight excluding hydrogens is 370 g/mol. The van der Waals surface area contributed by atoms with Crippen molar-refractivity contribution >= 4 is 33.6 Å². The summed E-state index contributed by atoms with van der Waals surface area (Å²) in [6.07, 6.45) is -1.97. The fourth-order valence-electron chi connectivity index (χ4n) is 2.23. The number of carbonyl (C=O) groups is 1. The summed E-state index contributed by atoms with van der Waals surface area (Å²) in [4.78, 5) is 10.8. The molecule has 2 atom stereocenters. The fraction of sp³-hybridized carbons (Fsp3) is 0.188. The first-order valence-corrected chi connectivity index (χ1v) is 7.81. The SMILES string of the molecule is O=C(O)NC[C@H](c1ccc(Br)c(Cl)c1)[C@@H](O)c1ccccc1. The van der Waals surface area contributed by atoms with Crippen LogP contribution in [0.15, 0.2) is 53.0 Å². The highest BCUT2D eigenvalue weighted by Crippen LogP contribution is 2.33. The van der Waals surface area contributed by atoms with E-state index in [0.29, 0.717) is 5.02 Å². The molecule has 3 N–H and O–H groups in total. The summed E-state index contributed by atoms with van der Waals surface area (Å²) >= 11 is 9.42. The van der Waals surface area contributed by atoms with E-state index >= 15 is 0 Å². The first kappa shape index (κ1) is 16.8. The third kappa shape index (κ3) is 4.22. The number of nitrogens with one attached hydrogen (secondary N) is 1. The summed E-state index contributed by atoms with van der Waals surface area (Å²) < 4.78 is 0.747. The maximum atomic E-state index is 10.8. The first-order valence-electron chi connectivity index (χ1n) is 6.64. The Morgan fingerprint density at radius 2 is 1.86 bits per heavy atom. The highest BCUT2D eigenvalue weighted by atomic mass is 79.9. The van der Waals surface area contributed by atoms with Gasteiger partial charge in [-0.1, -0.05) is 48.0 Å². The predicted molar refractivity (Wildman–Crippen MR) is 89.3 cm³/mol. The molecule has 0 aliphatic heterocycles. The van der Waals surface area contributed by atoms with Crippen LogP contribution < -0.4 is 5.32 Å². The normalized spacial score (nSPS) is 13.4. The molecule has 0 heterocycles. The topological polar surface area (TPSA) is 69.6 Å². The Bertz CT molecular complexity index is 651. The number of hydrogen-bond donors (Lipinski definition) is 3. The Hall–Kier alpha value is -1.56. The van der Waals surface area contributed by atoms with Gasteiger partial charge in [-0.05, 0) is 39.2 Å². The molecule has 2 aromatic carbocycles. The van der Waals surface area contributed by atoms with Crippen molar-refractivity contribution < 1.29 is 15.0 Å². The highest BCUT2D eigenvalue weighted by Gasteiger charge is 2.24. The molecule has 0 fully saturated rings. The van der Waals surface area contributed by atoms with Gasteiger partial charge in [-0.2, -0.15) is 0 Å². The van der Waals surface area contributed by atoms with Crippen molar-refractivity contribution in [2.24, 2.45) is 0 Å². The van der Waals surface area contributed by atoms with E-state index in [9.17, 15) is 9.90 Å². The van der Waals surface area contributed by atoms with Crippen LogP contribution in [0.25, 0.3) is 0 Å². The summed E-state index contributed by atoms with van der Waals surface area (Å²) in [7, 11) is 0. The lowest BCUT2D eigenvalue weighted by Gasteiger charge is -2.24. The zero-order valence-electron chi connectivity index (χ0n) is 11.5. The average Bonchev–Trinajstić information content (AvgIpc) is 2.51. The van der Waals surface area contributed by atoms with Crippen LogP contribution in [0.5, 0.6) is 0 Å². The number of aliphatic hydroxyl groups excluding tert-OH is 1. The van der Waals surface area contributed by atoms with Crippen LogP contribution >= 0.6 is 27.5 Å². The number of halogens is 2. The summed E-state index contributed by atoms with van der Waals surface area (Å²) in [5.41, 5.74) is 1.48. The third-order valence-corrected chi connectivity index (χ3v) is 4.60. The highest BCUT2D eigenvalue weighted by molar-refractivity contribution is 9.10. The van der Waals surface area contributed by atoms with Gasteiger partial charge in [-0.15, -0.1) is 0 Å². The van der Waals surface area contributed by atoms with Crippen LogP contribution in [0.2, 0.25) is 5.02 Å². The molecule has 0 radical (unpaired) electrons. The summed E-state index contributed by atoms with van der Waals surface area (Å²) in [6.45, 7) is 0.0867. The fourth-order valence-corrected chi connectivity index (χ4v) is 2.67. The molecule has 0 saturated carbocycles. The number of amides is 1. The second kappa shape index (κ2) is 7.63. The maximum absolute atomic E-state index is 10.8. The van der Waals surface area contributed by atoms with Crippen LogP contribution in [0.4, 0.5) is 4.79 Å². The number of rotatable bonds is 5. The lowest BCUT2D eigenvalue weighted by molar-refractivity contribution is 0.140. The van der Waals surface area contributed by atoms with Crippen molar-refractivity contribution in [2.45, 2.75) is 12.0 Å². The van der Waals surface area contributed by atoms with Gasteiger partial charge in [-0.3, -0.25) is 0 Å². The lowest BCUT2D eigenvalue weighted by atomic mass is 9.89. The number of benzene rings is 2. The second-order valence-electron chi connectivity index (χ2n) is 4.82. The molecule has 0 aliphatic carbocycles. The number of hydrogen-bond acceptors (Lipinski definition) is 2. The molecule has 0 saturated heterocycles. The molecule has 6 heteroatoms. The van der Waals surface area contributed by atoms with Crippen molar-refractivity contribution in [3.63, 3.8) is 0 Å². The average molecular weight is 385 g/mol. The molecule has 2 rings (SSSR count). The summed E-state index contributed by atoms with van der Waals surface area (Å²) in [6, 6.07) is 14.4. The van der Waals surface area contributed by atoms with Crippen molar-refractivity contribution in [3.8, 4) is 0 Å². The van der Waals surface area contributed by atoms with Crippen LogP contribution in [-0.4, -0.2) is 22.9 Å². The van der Waals surface area contributed by atoms with Gasteiger partial charge in [0.05, 0.1) is 11.1 Å². The Kier molecular flexibility index (Phi) is 5.83. The minimum absolute atomic E-state index is 0.0867. The van der Waals surface area contributed by atoms with Gasteiger partial charge in [-0.25, -0.2) is 4.79 Å². The van der Waals surface area contributed by atoms with Crippen LogP contribution in [0.1, 0.15) is 23.1 Å². The minimum Gasteiger partial charge on any atom is -0.465 e. The lowest BCUT2D eigenvalue weighted by Crippen LogP contribution is -2.29. The van der Waals surface area contributed by atoms with Gasteiger partial charge >= 0.3 is 6.09 Å². The maximum Gasteiger partial charge on any atom is 0.404 e. The zero-order valence-corrected chi connectivity index (χ0v) is 13.9. The Balaban J connectivity index is 2.33. The van der Waals surface area contributed by atoms with E-state index in [1.165, 1.54) is 0 Å². The van der Waals surface area contributed by atoms with Gasteiger partial charge in [0.25, 0.3) is 0 Å². The van der Waals surface area contributed by atoms with E-state index in [1.54, 1.807) is 24.3 Å². The molecule has 22 heavy (non-hydrogen) atoms. The number of carboxylic acid groups (broad SMARTS) is 1. The first-order chi connectivity index (χ1) is 10.5. The van der Waals surface area contributed by atoms with Gasteiger partial charge in [0.15, 0.2) is 0 Å². The Morgan fingerprint density at radius 3 is 2.45 bits per heavy atom. The van der Waals surface area contributed by atoms with Gasteiger partial charge in [0.2, 0.25) is 0 Å². The van der Waals surface area contributed by atoms with Crippen molar-refractivity contribution in [2.75, 3.05) is 6.54 Å². The zero-order chi connectivity index (χ0) is 16.1. The van der Waals surface area contributed by atoms with Crippen LogP contribution in [0.3, 0.4) is 0 Å². The Labute approximate surface area is 141 Å². The van der Waals surface area contributed by atoms with Gasteiger partial charge in [0, 0.05) is 16.9 Å². The molecule has 4 nitrogen and oxygen atoms in total. The largest absolute Gasteiger partial charge is 0.465 e. The van der Waals surface area contributed by atoms with Gasteiger partial charge in [0.1, 0.15) is 0 Å². The molecule has 1 amide bonds. The molecule has 0 aromatic heterocycles.